The first-order chi connectivity index (χ1) is 10.8. The molecule has 132 valence electrons. The Kier molecular flexibility index (Phi) is 4.61. The van der Waals surface area contributed by atoms with Crippen molar-refractivity contribution in [1.29, 1.82) is 0 Å². The summed E-state index contributed by atoms with van der Waals surface area (Å²) in [5.41, 5.74) is -2.84. The van der Waals surface area contributed by atoms with Crippen LogP contribution in [0.15, 0.2) is 18.2 Å². The van der Waals surface area contributed by atoms with E-state index in [0.717, 1.165) is 18.2 Å². The van der Waals surface area contributed by atoms with E-state index < -0.39 is 34.5 Å². The number of carbonyl (C=O) groups excluding carboxylic acids is 2. The van der Waals surface area contributed by atoms with Crippen LogP contribution in [0.5, 0.6) is 0 Å². The summed E-state index contributed by atoms with van der Waals surface area (Å²) in [6, 6.07) is 2.66. The van der Waals surface area contributed by atoms with Gasteiger partial charge >= 0.3 is 6.18 Å². The molecule has 0 spiro atoms. The largest absolute Gasteiger partial charge is 0.416 e. The minimum absolute atomic E-state index is 0.0246. The molecule has 0 atom stereocenters. The Morgan fingerprint density at radius 1 is 1.12 bits per heavy atom. The van der Waals surface area contributed by atoms with Crippen molar-refractivity contribution >= 4 is 29.1 Å². The van der Waals surface area contributed by atoms with E-state index in [0.29, 0.717) is 12.8 Å². The van der Waals surface area contributed by atoms with E-state index in [-0.39, 0.29) is 10.7 Å². The number of nitrogens with one attached hydrogen (secondary N) is 2. The van der Waals surface area contributed by atoms with Crippen LogP contribution in [0, 0.1) is 5.41 Å². The van der Waals surface area contributed by atoms with E-state index in [4.69, 9.17) is 11.6 Å². The molecule has 8 heteroatoms. The van der Waals surface area contributed by atoms with Gasteiger partial charge in [0.05, 0.1) is 16.3 Å². The Bertz CT molecular complexity index is 677. The van der Waals surface area contributed by atoms with Crippen LogP contribution in [-0.2, 0) is 15.8 Å². The van der Waals surface area contributed by atoms with E-state index in [9.17, 15) is 22.8 Å². The number of carbonyl (C=O) groups is 2. The maximum atomic E-state index is 12.8. The third-order valence-electron chi connectivity index (χ3n) is 3.65. The van der Waals surface area contributed by atoms with Crippen LogP contribution in [0.4, 0.5) is 18.9 Å². The number of amides is 2. The molecule has 24 heavy (non-hydrogen) atoms. The molecule has 2 amide bonds. The molecule has 0 bridgehead atoms. The van der Waals surface area contributed by atoms with Crippen molar-refractivity contribution in [3.05, 3.63) is 28.8 Å². The molecule has 2 N–H and O–H groups in total. The molecular weight excluding hydrogens is 345 g/mol. The van der Waals surface area contributed by atoms with Gasteiger partial charge in [-0.05, 0) is 51.8 Å². The third-order valence-corrected chi connectivity index (χ3v) is 3.98. The fourth-order valence-corrected chi connectivity index (χ4v) is 2.35. The number of anilines is 1. The van der Waals surface area contributed by atoms with Crippen LogP contribution in [0.1, 0.15) is 39.2 Å². The van der Waals surface area contributed by atoms with Crippen molar-refractivity contribution in [3.8, 4) is 0 Å². The second kappa shape index (κ2) is 5.95. The van der Waals surface area contributed by atoms with Gasteiger partial charge < -0.3 is 10.6 Å². The zero-order valence-electron chi connectivity index (χ0n) is 13.5. The summed E-state index contributed by atoms with van der Waals surface area (Å²) in [6.07, 6.45) is -3.86. The van der Waals surface area contributed by atoms with Crippen molar-refractivity contribution in [3.63, 3.8) is 0 Å². The van der Waals surface area contributed by atoms with Gasteiger partial charge in [-0.15, -0.1) is 0 Å². The molecule has 1 aliphatic rings. The van der Waals surface area contributed by atoms with E-state index in [1.807, 2.05) is 0 Å². The smallest absolute Gasteiger partial charge is 0.351 e. The van der Waals surface area contributed by atoms with Gasteiger partial charge in [0.15, 0.2) is 0 Å². The quantitative estimate of drug-likeness (QED) is 0.799. The zero-order valence-corrected chi connectivity index (χ0v) is 14.2. The van der Waals surface area contributed by atoms with Crippen LogP contribution in [0.25, 0.3) is 0 Å². The highest BCUT2D eigenvalue weighted by Crippen LogP contribution is 2.47. The molecule has 1 saturated carbocycles. The Morgan fingerprint density at radius 3 is 2.17 bits per heavy atom. The van der Waals surface area contributed by atoms with Crippen LogP contribution in [-0.4, -0.2) is 17.4 Å². The summed E-state index contributed by atoms with van der Waals surface area (Å²) in [6.45, 7) is 5.34. The summed E-state index contributed by atoms with van der Waals surface area (Å²) < 4.78 is 38.3. The fourth-order valence-electron chi connectivity index (χ4n) is 2.18. The van der Waals surface area contributed by atoms with Crippen molar-refractivity contribution in [2.75, 3.05) is 5.32 Å². The molecule has 0 saturated heterocycles. The maximum absolute atomic E-state index is 12.8. The Morgan fingerprint density at radius 2 is 1.71 bits per heavy atom. The number of alkyl halides is 3. The first-order valence-corrected chi connectivity index (χ1v) is 7.74. The van der Waals surface area contributed by atoms with Gasteiger partial charge in [0.2, 0.25) is 11.8 Å². The number of rotatable bonds is 3. The van der Waals surface area contributed by atoms with Gasteiger partial charge in [0, 0.05) is 5.54 Å². The molecule has 1 aliphatic carbocycles. The maximum Gasteiger partial charge on any atom is 0.416 e. The lowest BCUT2D eigenvalue weighted by Crippen LogP contribution is -2.48. The van der Waals surface area contributed by atoms with Crippen LogP contribution >= 0.6 is 11.6 Å². The number of benzene rings is 1. The van der Waals surface area contributed by atoms with Crippen molar-refractivity contribution in [2.45, 2.75) is 45.3 Å². The monoisotopic (exact) mass is 362 g/mol. The van der Waals surface area contributed by atoms with Crippen LogP contribution in [0.3, 0.4) is 0 Å². The van der Waals surface area contributed by atoms with Gasteiger partial charge in [-0.3, -0.25) is 9.59 Å². The van der Waals surface area contributed by atoms with Crippen molar-refractivity contribution in [1.82, 2.24) is 5.32 Å². The predicted molar refractivity (Wildman–Crippen MR) is 84.6 cm³/mol. The fraction of sp³-hybridized carbons (Fsp3) is 0.500. The molecule has 0 unspecified atom stereocenters. The molecule has 1 aromatic carbocycles. The normalized spacial score (nSPS) is 16.5. The van der Waals surface area contributed by atoms with Crippen molar-refractivity contribution in [2.24, 2.45) is 5.41 Å². The first-order valence-electron chi connectivity index (χ1n) is 7.36. The summed E-state index contributed by atoms with van der Waals surface area (Å²) in [7, 11) is 0. The average Bonchev–Trinajstić information content (AvgIpc) is 3.19. The molecule has 0 radical (unpaired) electrons. The number of hydrogen-bond donors (Lipinski definition) is 2. The topological polar surface area (TPSA) is 58.2 Å². The van der Waals surface area contributed by atoms with E-state index in [1.165, 1.54) is 0 Å². The molecule has 4 nitrogen and oxygen atoms in total. The van der Waals surface area contributed by atoms with Crippen LogP contribution < -0.4 is 10.6 Å². The molecule has 2 rings (SSSR count). The molecular formula is C16H18ClF3N2O2. The lowest BCUT2D eigenvalue weighted by Gasteiger charge is -2.24. The summed E-state index contributed by atoms with van der Waals surface area (Å²) >= 11 is 5.86. The summed E-state index contributed by atoms with van der Waals surface area (Å²) in [4.78, 5) is 24.7. The predicted octanol–water partition coefficient (Wildman–Crippen LogP) is 3.99. The van der Waals surface area contributed by atoms with E-state index >= 15 is 0 Å². The lowest BCUT2D eigenvalue weighted by molar-refractivity contribution is -0.138. The molecule has 1 fully saturated rings. The van der Waals surface area contributed by atoms with Gasteiger partial charge in [0.1, 0.15) is 5.41 Å². The molecule has 0 heterocycles. The average molecular weight is 363 g/mol. The second-order valence-corrected chi connectivity index (χ2v) is 7.34. The second-order valence-electron chi connectivity index (χ2n) is 6.93. The summed E-state index contributed by atoms with van der Waals surface area (Å²) in [5, 5.41) is 5.06. The highest BCUT2D eigenvalue weighted by atomic mass is 35.5. The van der Waals surface area contributed by atoms with Crippen molar-refractivity contribution < 1.29 is 22.8 Å². The third kappa shape index (κ3) is 4.01. The zero-order chi connectivity index (χ0) is 18.3. The summed E-state index contributed by atoms with van der Waals surface area (Å²) in [5.74, 6) is -1.08. The minimum Gasteiger partial charge on any atom is -0.351 e. The Labute approximate surface area is 142 Å². The first kappa shape index (κ1) is 18.6. The Balaban J connectivity index is 2.20. The van der Waals surface area contributed by atoms with Gasteiger partial charge in [-0.1, -0.05) is 11.6 Å². The highest BCUT2D eigenvalue weighted by Gasteiger charge is 2.57. The lowest BCUT2D eigenvalue weighted by atomic mass is 10.0. The van der Waals surface area contributed by atoms with Gasteiger partial charge in [0.25, 0.3) is 0 Å². The van der Waals surface area contributed by atoms with Crippen LogP contribution in [0.2, 0.25) is 5.02 Å². The standard InChI is InChI=1S/C16H18ClF3N2O2/c1-14(2,3)22-13(24)15(6-7-15)12(23)21-11-8-9(16(18,19)20)4-5-10(11)17/h4-5,8H,6-7H2,1-3H3,(H,21,23)(H,22,24). The van der Waals surface area contributed by atoms with E-state index in [1.54, 1.807) is 20.8 Å². The highest BCUT2D eigenvalue weighted by molar-refractivity contribution is 6.34. The Hall–Kier alpha value is -1.76. The SMILES string of the molecule is CC(C)(C)NC(=O)C1(C(=O)Nc2cc(C(F)(F)F)ccc2Cl)CC1. The number of halogens is 4. The molecule has 1 aromatic rings. The van der Waals surface area contributed by atoms with Gasteiger partial charge in [-0.25, -0.2) is 0 Å². The molecule has 0 aromatic heterocycles. The molecule has 0 aliphatic heterocycles. The number of hydrogen-bond acceptors (Lipinski definition) is 2. The minimum atomic E-state index is -4.55. The van der Waals surface area contributed by atoms with Gasteiger partial charge in [-0.2, -0.15) is 13.2 Å². The van der Waals surface area contributed by atoms with E-state index in [2.05, 4.69) is 10.6 Å².